The summed E-state index contributed by atoms with van der Waals surface area (Å²) in [6.07, 6.45) is 3.04. The fourth-order valence-electron chi connectivity index (χ4n) is 3.61. The van der Waals surface area contributed by atoms with E-state index in [0.717, 1.165) is 18.4 Å². The van der Waals surface area contributed by atoms with Crippen molar-refractivity contribution in [3.8, 4) is 0 Å². The summed E-state index contributed by atoms with van der Waals surface area (Å²) in [6.45, 7) is 0.272. The molecule has 4 bridgehead atoms. The van der Waals surface area contributed by atoms with Crippen molar-refractivity contribution in [2.75, 3.05) is 17.7 Å². The lowest BCUT2D eigenvalue weighted by molar-refractivity contribution is -0.0323. The van der Waals surface area contributed by atoms with E-state index in [-0.39, 0.29) is 30.6 Å². The smallest absolute Gasteiger partial charge is 0.328 e. The molecule has 9 heteroatoms. The number of aromatic nitrogens is 3. The third-order valence-corrected chi connectivity index (χ3v) is 5.21. The summed E-state index contributed by atoms with van der Waals surface area (Å²) in [5.41, 5.74) is 2.99. The van der Waals surface area contributed by atoms with E-state index >= 15 is 0 Å². The van der Waals surface area contributed by atoms with Gasteiger partial charge in [0.05, 0.1) is 24.4 Å². The summed E-state index contributed by atoms with van der Waals surface area (Å²) in [4.78, 5) is 21.7. The van der Waals surface area contributed by atoms with Crippen LogP contribution < -0.4 is 16.0 Å². The second-order valence-electron chi connectivity index (χ2n) is 7.05. The Morgan fingerprint density at radius 1 is 1.29 bits per heavy atom. The monoisotopic (exact) mass is 382 g/mol. The Bertz CT molecular complexity index is 1080. The number of hydrogen-bond acceptors (Lipinski definition) is 6. The van der Waals surface area contributed by atoms with Crippen LogP contribution in [0.25, 0.3) is 11.2 Å². The first-order valence-electron chi connectivity index (χ1n) is 9.15. The number of halogens is 1. The highest BCUT2D eigenvalue weighted by Gasteiger charge is 2.34. The topological polar surface area (TPSA) is 93.1 Å². The van der Waals surface area contributed by atoms with Crippen LogP contribution in [0.4, 0.5) is 26.4 Å². The van der Waals surface area contributed by atoms with Crippen LogP contribution in [0.2, 0.25) is 0 Å². The molecule has 1 aliphatic heterocycles. The number of imidazole rings is 1. The van der Waals surface area contributed by atoms with Crippen molar-refractivity contribution in [2.45, 2.75) is 31.6 Å². The van der Waals surface area contributed by atoms with Gasteiger partial charge in [-0.1, -0.05) is 0 Å². The minimum Gasteiger partial charge on any atom is -0.386 e. The van der Waals surface area contributed by atoms with E-state index in [2.05, 4.69) is 25.9 Å². The van der Waals surface area contributed by atoms with E-state index in [4.69, 9.17) is 4.74 Å². The van der Waals surface area contributed by atoms with Crippen LogP contribution in [-0.2, 0) is 11.3 Å². The van der Waals surface area contributed by atoms with Gasteiger partial charge >= 0.3 is 6.03 Å². The van der Waals surface area contributed by atoms with Crippen molar-refractivity contribution < 1.29 is 13.9 Å². The van der Waals surface area contributed by atoms with Crippen LogP contribution in [-0.4, -0.2) is 39.8 Å². The summed E-state index contributed by atoms with van der Waals surface area (Å²) < 4.78 is 21.4. The van der Waals surface area contributed by atoms with Gasteiger partial charge in [0.2, 0.25) is 0 Å². The van der Waals surface area contributed by atoms with Crippen molar-refractivity contribution in [1.29, 1.82) is 0 Å². The van der Waals surface area contributed by atoms with Crippen LogP contribution in [0.15, 0.2) is 30.6 Å². The van der Waals surface area contributed by atoms with Gasteiger partial charge in [0.1, 0.15) is 23.5 Å². The predicted molar refractivity (Wildman–Crippen MR) is 102 cm³/mol. The van der Waals surface area contributed by atoms with E-state index in [0.29, 0.717) is 28.4 Å². The van der Waals surface area contributed by atoms with E-state index in [9.17, 15) is 9.18 Å². The Hall–Kier alpha value is -3.20. The molecule has 3 heterocycles. The van der Waals surface area contributed by atoms with E-state index in [1.165, 1.54) is 23.0 Å². The highest BCUT2D eigenvalue weighted by molar-refractivity contribution is 5.94. The first-order chi connectivity index (χ1) is 13.6. The Kier molecular flexibility index (Phi) is 3.90. The molecule has 2 aromatic heterocycles. The molecule has 2 aliphatic rings. The second kappa shape index (κ2) is 6.45. The average Bonchev–Trinajstić information content (AvgIpc) is 3.07. The molecule has 0 radical (unpaired) electrons. The van der Waals surface area contributed by atoms with Gasteiger partial charge in [-0.05, 0) is 36.6 Å². The van der Waals surface area contributed by atoms with Gasteiger partial charge in [0.15, 0.2) is 5.65 Å². The molecular weight excluding hydrogens is 363 g/mol. The number of rotatable bonds is 1. The molecule has 2 atom stereocenters. The number of carbonyl (C=O) groups excluding carboxylic acids is 1. The Balaban J connectivity index is 1.66. The van der Waals surface area contributed by atoms with Gasteiger partial charge in [0, 0.05) is 18.8 Å². The number of nitrogens with zero attached hydrogens (tertiary/aromatic N) is 3. The highest BCUT2D eigenvalue weighted by Crippen LogP contribution is 2.29. The summed E-state index contributed by atoms with van der Waals surface area (Å²) in [5.74, 6) is 0.122. The Morgan fingerprint density at radius 3 is 2.96 bits per heavy atom. The zero-order chi connectivity index (χ0) is 19.3. The van der Waals surface area contributed by atoms with E-state index < -0.39 is 0 Å². The number of pyridine rings is 1. The second-order valence-corrected chi connectivity index (χ2v) is 7.05. The number of carbonyl (C=O) groups is 1. The lowest BCUT2D eigenvalue weighted by Crippen LogP contribution is -2.52. The van der Waals surface area contributed by atoms with Crippen molar-refractivity contribution in [1.82, 2.24) is 19.9 Å². The number of fused-ring (bicyclic) bond motifs is 4. The summed E-state index contributed by atoms with van der Waals surface area (Å²) in [6, 6.07) is 6.07. The van der Waals surface area contributed by atoms with Gasteiger partial charge in [-0.2, -0.15) is 0 Å². The van der Waals surface area contributed by atoms with Crippen LogP contribution in [0.5, 0.6) is 0 Å². The quantitative estimate of drug-likeness (QED) is 0.599. The molecule has 28 heavy (non-hydrogen) atoms. The Labute approximate surface area is 160 Å². The molecule has 1 aromatic carbocycles. The van der Waals surface area contributed by atoms with Crippen molar-refractivity contribution in [3.63, 3.8) is 0 Å². The lowest BCUT2D eigenvalue weighted by Gasteiger charge is -2.36. The standard InChI is InChI=1S/C19H19FN6O2/c1-21-14-7-16-23-12-5-10(4-11(20)6-12)8-28-15-3-2-13(15)24-19(27)26-9-22-17(14)18(26)25-16/h4-7,9,13,15H,2-3,8H2,1H3,(H,24,27)(H2,21,23,25)/t13-,15-/m1/s1. The number of hydrogen-bond donors (Lipinski definition) is 3. The fourth-order valence-corrected chi connectivity index (χ4v) is 3.61. The maximum atomic E-state index is 14.1. The third kappa shape index (κ3) is 2.84. The van der Waals surface area contributed by atoms with Crippen molar-refractivity contribution in [2.24, 2.45) is 0 Å². The number of nitrogens with one attached hydrogen (secondary N) is 3. The molecule has 144 valence electrons. The van der Waals surface area contributed by atoms with Gasteiger partial charge in [-0.25, -0.2) is 23.7 Å². The maximum absolute atomic E-state index is 14.1. The molecule has 1 amide bonds. The van der Waals surface area contributed by atoms with Crippen LogP contribution >= 0.6 is 0 Å². The minimum absolute atomic E-state index is 0.0917. The highest BCUT2D eigenvalue weighted by atomic mass is 19.1. The van der Waals surface area contributed by atoms with Gasteiger partial charge in [-0.3, -0.25) is 0 Å². The van der Waals surface area contributed by atoms with Crippen LogP contribution in [0.3, 0.4) is 0 Å². The molecule has 0 unspecified atom stereocenters. The summed E-state index contributed by atoms with van der Waals surface area (Å²) >= 11 is 0. The first kappa shape index (κ1) is 16.9. The van der Waals surface area contributed by atoms with Gasteiger partial charge < -0.3 is 20.7 Å². The SMILES string of the molecule is CNc1cc2nc3c1ncn3C(=O)N[C@@H]1CC[C@H]1OCc1cc(F)cc(c1)N2. The molecule has 1 fully saturated rings. The largest absolute Gasteiger partial charge is 0.386 e. The van der Waals surface area contributed by atoms with Crippen LogP contribution in [0, 0.1) is 5.82 Å². The zero-order valence-electron chi connectivity index (χ0n) is 15.2. The van der Waals surface area contributed by atoms with E-state index in [1.54, 1.807) is 13.1 Å². The number of ether oxygens (including phenoxy) is 1. The molecule has 0 spiro atoms. The molecule has 1 saturated carbocycles. The minimum atomic E-state index is -0.353. The lowest BCUT2D eigenvalue weighted by atomic mass is 9.89. The molecule has 3 aromatic rings. The molecule has 3 N–H and O–H groups in total. The van der Waals surface area contributed by atoms with E-state index in [1.807, 2.05) is 6.07 Å². The molecule has 0 saturated heterocycles. The van der Waals surface area contributed by atoms with Gasteiger partial charge in [-0.15, -0.1) is 0 Å². The number of anilines is 3. The third-order valence-electron chi connectivity index (χ3n) is 5.21. The summed E-state index contributed by atoms with van der Waals surface area (Å²) in [7, 11) is 1.77. The number of benzene rings is 1. The molecule has 5 rings (SSSR count). The molecular formula is C19H19FN6O2. The Morgan fingerprint density at radius 2 is 2.18 bits per heavy atom. The van der Waals surface area contributed by atoms with Crippen molar-refractivity contribution >= 4 is 34.4 Å². The van der Waals surface area contributed by atoms with Crippen LogP contribution in [0.1, 0.15) is 18.4 Å². The number of amides is 1. The summed E-state index contributed by atoms with van der Waals surface area (Å²) in [5, 5.41) is 9.17. The molecule has 1 aliphatic carbocycles. The first-order valence-corrected chi connectivity index (χ1v) is 9.15. The maximum Gasteiger partial charge on any atom is 0.328 e. The molecule has 8 nitrogen and oxygen atoms in total. The predicted octanol–water partition coefficient (Wildman–Crippen LogP) is 2.97. The average molecular weight is 382 g/mol. The van der Waals surface area contributed by atoms with Gasteiger partial charge in [0.25, 0.3) is 0 Å². The fraction of sp³-hybridized carbons (Fsp3) is 0.316. The normalized spacial score (nSPS) is 21.3. The zero-order valence-corrected chi connectivity index (χ0v) is 15.2. The van der Waals surface area contributed by atoms with Crippen molar-refractivity contribution in [3.05, 3.63) is 42.0 Å².